The number of phenolic OH excluding ortho intramolecular Hbond substituents is 1. The number of hydrogen-bond acceptors (Lipinski definition) is 5. The molecule has 2 atom stereocenters. The number of aromatic hydroxyl groups is 1. The second kappa shape index (κ2) is 15.1. The van der Waals surface area contributed by atoms with Crippen molar-refractivity contribution in [3.63, 3.8) is 0 Å². The van der Waals surface area contributed by atoms with Gasteiger partial charge in [-0.25, -0.2) is 0 Å². The monoisotopic (exact) mass is 543 g/mol. The molecule has 3 aromatic rings. The molecule has 1 N–H and O–H groups in total. The third-order valence-corrected chi connectivity index (χ3v) is 8.36. The zero-order valence-electron chi connectivity index (χ0n) is 23.8. The fraction of sp³-hybridized carbons (Fsp3) is 0.486. The maximum absolute atomic E-state index is 10.00. The lowest BCUT2D eigenvalue weighted by Gasteiger charge is -2.34. The predicted molar refractivity (Wildman–Crippen MR) is 161 cm³/mol. The van der Waals surface area contributed by atoms with E-state index >= 15 is 0 Å². The third-order valence-electron chi connectivity index (χ3n) is 8.36. The van der Waals surface area contributed by atoms with Crippen LogP contribution < -0.4 is 9.47 Å². The molecule has 40 heavy (non-hydrogen) atoms. The van der Waals surface area contributed by atoms with Gasteiger partial charge in [0.15, 0.2) is 0 Å². The normalized spacial score (nSPS) is 19.1. The Kier molecular flexibility index (Phi) is 10.8. The van der Waals surface area contributed by atoms with Crippen molar-refractivity contribution in [3.05, 3.63) is 89.5 Å². The highest BCUT2D eigenvalue weighted by Gasteiger charge is 2.33. The average molecular weight is 544 g/mol. The van der Waals surface area contributed by atoms with Crippen molar-refractivity contribution in [1.29, 1.82) is 0 Å². The lowest BCUT2D eigenvalue weighted by molar-refractivity contribution is 0.0371. The fourth-order valence-electron chi connectivity index (χ4n) is 6.08. The fourth-order valence-corrected chi connectivity index (χ4v) is 6.08. The summed E-state index contributed by atoms with van der Waals surface area (Å²) in [6.45, 7) is 6.62. The summed E-state index contributed by atoms with van der Waals surface area (Å²) >= 11 is 0. The summed E-state index contributed by atoms with van der Waals surface area (Å²) in [5, 5.41) is 10.00. The number of phenols is 1. The number of fused-ring (bicyclic) bond motifs is 1. The number of benzene rings is 3. The minimum Gasteiger partial charge on any atom is -0.508 e. The molecule has 5 heteroatoms. The maximum Gasteiger partial charge on any atom is 0.126 e. The van der Waals surface area contributed by atoms with Crippen LogP contribution in [0.3, 0.4) is 0 Å². The first-order valence-corrected chi connectivity index (χ1v) is 15.3. The second-order valence-corrected chi connectivity index (χ2v) is 11.2. The van der Waals surface area contributed by atoms with Gasteiger partial charge in [-0.1, -0.05) is 87.1 Å². The first-order chi connectivity index (χ1) is 19.8. The van der Waals surface area contributed by atoms with Crippen LogP contribution in [0.25, 0.3) is 0 Å². The third kappa shape index (κ3) is 8.02. The van der Waals surface area contributed by atoms with Gasteiger partial charge in [0.2, 0.25) is 0 Å². The number of morpholine rings is 1. The van der Waals surface area contributed by atoms with E-state index in [1.165, 1.54) is 62.6 Å². The highest BCUT2D eigenvalue weighted by molar-refractivity contribution is 5.50. The smallest absolute Gasteiger partial charge is 0.126 e. The van der Waals surface area contributed by atoms with Crippen molar-refractivity contribution in [2.45, 2.75) is 63.2 Å². The molecule has 2 heterocycles. The Morgan fingerprint density at radius 3 is 2.20 bits per heavy atom. The van der Waals surface area contributed by atoms with Gasteiger partial charge in [0.1, 0.15) is 17.2 Å². The van der Waals surface area contributed by atoms with Crippen molar-refractivity contribution >= 4 is 0 Å². The van der Waals surface area contributed by atoms with Gasteiger partial charge < -0.3 is 19.3 Å². The molecule has 2 aliphatic heterocycles. The van der Waals surface area contributed by atoms with Crippen LogP contribution in [0.15, 0.2) is 72.8 Å². The van der Waals surface area contributed by atoms with Crippen LogP contribution in [0.2, 0.25) is 0 Å². The summed E-state index contributed by atoms with van der Waals surface area (Å²) in [6.07, 6.45) is 10.3. The Morgan fingerprint density at radius 2 is 1.45 bits per heavy atom. The Balaban J connectivity index is 1.04. The van der Waals surface area contributed by atoms with E-state index in [2.05, 4.69) is 59.5 Å². The van der Waals surface area contributed by atoms with Crippen molar-refractivity contribution in [1.82, 2.24) is 4.90 Å². The van der Waals surface area contributed by atoms with Crippen molar-refractivity contribution < 1.29 is 19.3 Å². The van der Waals surface area contributed by atoms with Crippen LogP contribution in [-0.2, 0) is 4.74 Å². The summed E-state index contributed by atoms with van der Waals surface area (Å²) in [4.78, 5) is 2.54. The summed E-state index contributed by atoms with van der Waals surface area (Å²) in [5.41, 5.74) is 3.62. The van der Waals surface area contributed by atoms with E-state index in [0.717, 1.165) is 56.4 Å². The van der Waals surface area contributed by atoms with Gasteiger partial charge in [-0.3, -0.25) is 4.90 Å². The molecule has 5 rings (SSSR count). The van der Waals surface area contributed by atoms with Gasteiger partial charge in [0, 0.05) is 36.6 Å². The Bertz CT molecular complexity index is 1140. The van der Waals surface area contributed by atoms with E-state index < -0.39 is 0 Å². The number of rotatable bonds is 14. The van der Waals surface area contributed by atoms with E-state index in [9.17, 15) is 5.11 Å². The number of hydrogen-bond donors (Lipinski definition) is 1. The zero-order chi connectivity index (χ0) is 27.4. The summed E-state index contributed by atoms with van der Waals surface area (Å²) < 4.78 is 17.6. The van der Waals surface area contributed by atoms with Crippen LogP contribution in [0, 0.1) is 0 Å². The molecule has 214 valence electrons. The van der Waals surface area contributed by atoms with Crippen LogP contribution in [0.1, 0.15) is 79.9 Å². The SMILES string of the molecule is Oc1ccc2c(c1)OCC(c1ccccc1)C2c1ccc(OCCCCCCCCCCN2CCOCC2)cc1. The standard InChI is InChI=1S/C35H45NO4/c37-30-16-19-32-34(26-30)40-27-33(28-12-8-7-9-13-28)35(32)29-14-17-31(18-15-29)39-23-11-6-4-2-1-3-5-10-20-36-21-24-38-25-22-36/h7-9,12-19,26,33,35,37H,1-6,10-11,20-25,27H2. The van der Waals surface area contributed by atoms with Crippen LogP contribution in [0.5, 0.6) is 17.2 Å². The van der Waals surface area contributed by atoms with E-state index in [-0.39, 0.29) is 17.6 Å². The molecule has 1 fully saturated rings. The van der Waals surface area contributed by atoms with E-state index in [0.29, 0.717) is 6.61 Å². The first-order valence-electron chi connectivity index (χ1n) is 15.3. The number of ether oxygens (including phenoxy) is 3. The second-order valence-electron chi connectivity index (χ2n) is 11.2. The van der Waals surface area contributed by atoms with Gasteiger partial charge in [-0.05, 0) is 48.7 Å². The summed E-state index contributed by atoms with van der Waals surface area (Å²) in [7, 11) is 0. The molecule has 0 radical (unpaired) electrons. The molecule has 0 amide bonds. The molecule has 0 spiro atoms. The van der Waals surface area contributed by atoms with E-state index in [1.807, 2.05) is 6.07 Å². The molecule has 0 aliphatic carbocycles. The Morgan fingerprint density at radius 1 is 0.750 bits per heavy atom. The molecule has 5 nitrogen and oxygen atoms in total. The quantitative estimate of drug-likeness (QED) is 0.213. The lowest BCUT2D eigenvalue weighted by atomic mass is 9.76. The molecule has 0 saturated carbocycles. The van der Waals surface area contributed by atoms with Crippen molar-refractivity contribution in [2.75, 3.05) is 46.1 Å². The van der Waals surface area contributed by atoms with Crippen molar-refractivity contribution in [3.8, 4) is 17.2 Å². The van der Waals surface area contributed by atoms with Crippen molar-refractivity contribution in [2.24, 2.45) is 0 Å². The van der Waals surface area contributed by atoms with E-state index in [4.69, 9.17) is 14.2 Å². The molecular formula is C35H45NO4. The Hall–Kier alpha value is -3.02. The maximum atomic E-state index is 10.00. The zero-order valence-corrected chi connectivity index (χ0v) is 23.8. The van der Waals surface area contributed by atoms with Crippen LogP contribution >= 0.6 is 0 Å². The Labute approximate surface area is 240 Å². The summed E-state index contributed by atoms with van der Waals surface area (Å²) in [6, 6.07) is 24.7. The lowest BCUT2D eigenvalue weighted by Crippen LogP contribution is -2.36. The van der Waals surface area contributed by atoms with Gasteiger partial charge in [0.05, 0.1) is 26.4 Å². The average Bonchev–Trinajstić information content (AvgIpc) is 3.00. The molecule has 0 bridgehead atoms. The van der Waals surface area contributed by atoms with Gasteiger partial charge in [0.25, 0.3) is 0 Å². The van der Waals surface area contributed by atoms with Crippen LogP contribution in [0.4, 0.5) is 0 Å². The molecule has 2 aliphatic rings. The van der Waals surface area contributed by atoms with Gasteiger partial charge in [-0.2, -0.15) is 0 Å². The highest BCUT2D eigenvalue weighted by Crippen LogP contribution is 2.47. The largest absolute Gasteiger partial charge is 0.508 e. The predicted octanol–water partition coefficient (Wildman–Crippen LogP) is 7.53. The molecule has 1 saturated heterocycles. The minimum absolute atomic E-state index is 0.153. The summed E-state index contributed by atoms with van der Waals surface area (Å²) in [5.74, 6) is 2.29. The number of nitrogens with zero attached hydrogens (tertiary/aromatic N) is 1. The molecular weight excluding hydrogens is 498 g/mol. The highest BCUT2D eigenvalue weighted by atomic mass is 16.5. The number of unbranched alkanes of at least 4 members (excludes halogenated alkanes) is 7. The molecule has 2 unspecified atom stereocenters. The molecule has 3 aromatic carbocycles. The van der Waals surface area contributed by atoms with E-state index in [1.54, 1.807) is 12.1 Å². The first kappa shape index (κ1) is 28.5. The van der Waals surface area contributed by atoms with Crippen LogP contribution in [-0.4, -0.2) is 56.1 Å². The molecule has 0 aromatic heterocycles. The minimum atomic E-state index is 0.153. The topological polar surface area (TPSA) is 51.2 Å². The van der Waals surface area contributed by atoms with Gasteiger partial charge in [-0.15, -0.1) is 0 Å². The van der Waals surface area contributed by atoms with Gasteiger partial charge >= 0.3 is 0 Å².